The summed E-state index contributed by atoms with van der Waals surface area (Å²) in [4.78, 5) is 15.8. The van der Waals surface area contributed by atoms with E-state index in [1.165, 1.54) is 25.4 Å². The van der Waals surface area contributed by atoms with Crippen LogP contribution in [0.3, 0.4) is 0 Å². The molecule has 0 aliphatic rings. The Labute approximate surface area is 125 Å². The van der Waals surface area contributed by atoms with Crippen LogP contribution in [0.4, 0.5) is 5.82 Å². The number of hydrogen-bond acceptors (Lipinski definition) is 5. The fraction of sp³-hybridized carbons (Fsp3) is 0.538. The van der Waals surface area contributed by atoms with Crippen molar-refractivity contribution in [3.63, 3.8) is 0 Å². The summed E-state index contributed by atoms with van der Waals surface area (Å²) in [7, 11) is -2.17. The summed E-state index contributed by atoms with van der Waals surface area (Å²) < 4.78 is 27.0. The number of nitrogens with one attached hydrogen (secondary N) is 3. The third-order valence-corrected chi connectivity index (χ3v) is 4.34. The van der Waals surface area contributed by atoms with Gasteiger partial charge in [0.2, 0.25) is 15.9 Å². The summed E-state index contributed by atoms with van der Waals surface area (Å²) in [6.07, 6.45) is 1.43. The number of sulfonamides is 1. The van der Waals surface area contributed by atoms with E-state index in [1.54, 1.807) is 13.8 Å². The van der Waals surface area contributed by atoms with Crippen molar-refractivity contribution in [3.05, 3.63) is 18.3 Å². The molecule has 0 aromatic carbocycles. The second-order valence-corrected chi connectivity index (χ2v) is 6.96. The zero-order valence-corrected chi connectivity index (χ0v) is 13.5. The Morgan fingerprint density at radius 3 is 2.62 bits per heavy atom. The van der Waals surface area contributed by atoms with Gasteiger partial charge in [-0.25, -0.2) is 18.1 Å². The van der Waals surface area contributed by atoms with Gasteiger partial charge in [0.05, 0.1) is 10.3 Å². The van der Waals surface area contributed by atoms with Gasteiger partial charge in [0.15, 0.2) is 0 Å². The monoisotopic (exact) mass is 314 g/mol. The van der Waals surface area contributed by atoms with Crippen LogP contribution in [0.5, 0.6) is 0 Å². The van der Waals surface area contributed by atoms with E-state index in [2.05, 4.69) is 20.3 Å². The van der Waals surface area contributed by atoms with E-state index in [0.29, 0.717) is 12.4 Å². The molecule has 0 spiro atoms. The van der Waals surface area contributed by atoms with Crippen molar-refractivity contribution in [3.8, 4) is 0 Å². The largest absolute Gasteiger partial charge is 0.370 e. The maximum absolute atomic E-state index is 12.2. The summed E-state index contributed by atoms with van der Waals surface area (Å²) in [5.41, 5.74) is -0.834. The van der Waals surface area contributed by atoms with Gasteiger partial charge in [-0.1, -0.05) is 0 Å². The van der Waals surface area contributed by atoms with Gasteiger partial charge in [0.1, 0.15) is 5.82 Å². The second-order valence-electron chi connectivity index (χ2n) is 5.19. The minimum atomic E-state index is -3.69. The number of nitrogens with zero attached hydrogens (tertiary/aromatic N) is 1. The highest BCUT2D eigenvalue weighted by Gasteiger charge is 2.29. The molecule has 3 N–H and O–H groups in total. The number of carbonyl (C=O) groups is 1. The summed E-state index contributed by atoms with van der Waals surface area (Å²) >= 11 is 0. The summed E-state index contributed by atoms with van der Waals surface area (Å²) in [6.45, 7) is 5.89. The van der Waals surface area contributed by atoms with Crippen LogP contribution in [-0.2, 0) is 14.8 Å². The van der Waals surface area contributed by atoms with Crippen molar-refractivity contribution in [2.24, 2.45) is 5.41 Å². The first-order valence-electron chi connectivity index (χ1n) is 6.64. The molecule has 0 aliphatic heterocycles. The molecule has 0 radical (unpaired) electrons. The van der Waals surface area contributed by atoms with Crippen LogP contribution in [0.25, 0.3) is 0 Å². The predicted octanol–water partition coefficient (Wildman–Crippen LogP) is 0.564. The van der Waals surface area contributed by atoms with Crippen molar-refractivity contribution < 1.29 is 13.2 Å². The molecule has 0 fully saturated rings. The number of hydrogen-bond donors (Lipinski definition) is 3. The molecule has 1 aromatic heterocycles. The molecule has 8 heteroatoms. The normalized spacial score (nSPS) is 12.0. The Kier molecular flexibility index (Phi) is 5.68. The zero-order chi connectivity index (χ0) is 16.1. The molecule has 21 heavy (non-hydrogen) atoms. The number of pyridine rings is 1. The van der Waals surface area contributed by atoms with Crippen molar-refractivity contribution >= 4 is 21.7 Å². The number of carbonyl (C=O) groups excluding carboxylic acids is 1. The highest BCUT2D eigenvalue weighted by molar-refractivity contribution is 7.89. The predicted molar refractivity (Wildman–Crippen MR) is 81.4 cm³/mol. The van der Waals surface area contributed by atoms with Crippen LogP contribution in [0, 0.1) is 5.41 Å². The Hall–Kier alpha value is -1.67. The highest BCUT2D eigenvalue weighted by atomic mass is 32.2. The van der Waals surface area contributed by atoms with E-state index in [4.69, 9.17) is 0 Å². The van der Waals surface area contributed by atoms with Gasteiger partial charge >= 0.3 is 0 Å². The van der Waals surface area contributed by atoms with Gasteiger partial charge in [0.25, 0.3) is 0 Å². The quantitative estimate of drug-likeness (QED) is 0.683. The van der Waals surface area contributed by atoms with Crippen LogP contribution in [0.2, 0.25) is 0 Å². The third kappa shape index (κ3) is 4.68. The lowest BCUT2D eigenvalue weighted by atomic mass is 9.93. The van der Waals surface area contributed by atoms with E-state index in [1.807, 2.05) is 6.92 Å². The van der Waals surface area contributed by atoms with E-state index in [-0.39, 0.29) is 17.3 Å². The van der Waals surface area contributed by atoms with Crippen LogP contribution >= 0.6 is 0 Å². The van der Waals surface area contributed by atoms with Gasteiger partial charge in [-0.3, -0.25) is 4.79 Å². The molecule has 0 saturated carbocycles. The summed E-state index contributed by atoms with van der Waals surface area (Å²) in [5, 5.41) is 5.47. The van der Waals surface area contributed by atoms with Crippen molar-refractivity contribution in [2.45, 2.75) is 25.7 Å². The molecule has 1 rings (SSSR count). The van der Waals surface area contributed by atoms with Crippen LogP contribution in [0.1, 0.15) is 20.8 Å². The summed E-state index contributed by atoms with van der Waals surface area (Å²) in [5.74, 6) is 0.263. The smallest absolute Gasteiger partial charge is 0.240 e. The average molecular weight is 314 g/mol. The molecule has 1 amide bonds. The number of amides is 1. The van der Waals surface area contributed by atoms with E-state index in [0.717, 1.165) is 0 Å². The lowest BCUT2D eigenvalue weighted by Gasteiger charge is -2.22. The molecule has 0 bridgehead atoms. The molecule has 0 aliphatic carbocycles. The fourth-order valence-electron chi connectivity index (χ4n) is 1.63. The summed E-state index contributed by atoms with van der Waals surface area (Å²) in [6, 6.07) is 2.87. The first-order chi connectivity index (χ1) is 9.73. The van der Waals surface area contributed by atoms with Gasteiger partial charge in [-0.15, -0.1) is 0 Å². The van der Waals surface area contributed by atoms with Crippen molar-refractivity contribution in [2.75, 3.05) is 25.5 Å². The van der Waals surface area contributed by atoms with E-state index in [9.17, 15) is 13.2 Å². The molecule has 0 atom stereocenters. The second kappa shape index (κ2) is 6.86. The fourth-order valence-corrected chi connectivity index (χ4v) is 2.86. The molecule has 1 heterocycles. The maximum Gasteiger partial charge on any atom is 0.240 e. The Bertz CT molecular complexity index is 599. The minimum absolute atomic E-state index is 0.00781. The Morgan fingerprint density at radius 1 is 1.38 bits per heavy atom. The Balaban J connectivity index is 2.87. The van der Waals surface area contributed by atoms with Crippen molar-refractivity contribution in [1.29, 1.82) is 0 Å². The molecular formula is C13H22N4O3S. The molecule has 0 unspecified atom stereocenters. The molecule has 0 saturated heterocycles. The van der Waals surface area contributed by atoms with Gasteiger partial charge in [-0.05, 0) is 26.8 Å². The highest BCUT2D eigenvalue weighted by Crippen LogP contribution is 2.17. The number of aromatic nitrogens is 1. The maximum atomic E-state index is 12.2. The van der Waals surface area contributed by atoms with Crippen LogP contribution < -0.4 is 15.4 Å². The average Bonchev–Trinajstić information content (AvgIpc) is 2.45. The lowest BCUT2D eigenvalue weighted by Crippen LogP contribution is -2.43. The van der Waals surface area contributed by atoms with E-state index < -0.39 is 15.4 Å². The zero-order valence-electron chi connectivity index (χ0n) is 12.7. The van der Waals surface area contributed by atoms with Crippen molar-refractivity contribution in [1.82, 2.24) is 15.0 Å². The first kappa shape index (κ1) is 17.4. The molecular weight excluding hydrogens is 292 g/mol. The minimum Gasteiger partial charge on any atom is -0.370 e. The molecule has 1 aromatic rings. The van der Waals surface area contributed by atoms with Crippen LogP contribution in [0.15, 0.2) is 23.2 Å². The molecule has 7 nitrogen and oxygen atoms in total. The van der Waals surface area contributed by atoms with Crippen LogP contribution in [-0.4, -0.2) is 39.4 Å². The Morgan fingerprint density at radius 2 is 2.05 bits per heavy atom. The number of rotatable bonds is 7. The van der Waals surface area contributed by atoms with Gasteiger partial charge in [-0.2, -0.15) is 0 Å². The topological polar surface area (TPSA) is 100 Å². The van der Waals surface area contributed by atoms with Gasteiger partial charge in [0, 0.05) is 32.4 Å². The standard InChI is InChI=1S/C13H22N4O3S/c1-5-15-11-8-10(6-7-16-11)21(19,20)17-9-13(2,3)12(18)14-4/h6-8,17H,5,9H2,1-4H3,(H,14,18)(H,15,16). The number of anilines is 1. The molecule has 118 valence electrons. The first-order valence-corrected chi connectivity index (χ1v) is 8.13. The van der Waals surface area contributed by atoms with E-state index >= 15 is 0 Å². The SMILES string of the molecule is CCNc1cc(S(=O)(=O)NCC(C)(C)C(=O)NC)ccn1. The lowest BCUT2D eigenvalue weighted by molar-refractivity contribution is -0.128. The van der Waals surface area contributed by atoms with Gasteiger partial charge < -0.3 is 10.6 Å². The third-order valence-electron chi connectivity index (χ3n) is 2.95.